The van der Waals surface area contributed by atoms with Gasteiger partial charge in [-0.3, -0.25) is 0 Å². The van der Waals surface area contributed by atoms with Gasteiger partial charge in [0.2, 0.25) is 0 Å². The molecule has 0 aliphatic heterocycles. The molecule has 2 aromatic rings. The molecule has 1 N–H and O–H groups in total. The number of carbonyl (C=O) groups excluding carboxylic acids is 1. The fourth-order valence-electron chi connectivity index (χ4n) is 2.85. The van der Waals surface area contributed by atoms with Gasteiger partial charge in [-0.05, 0) is 40.3 Å². The third-order valence-electron chi connectivity index (χ3n) is 3.78. The maximum absolute atomic E-state index is 11.1. The molecule has 0 unspecified atom stereocenters. The molecule has 0 saturated heterocycles. The number of rotatable bonds is 3. The molecule has 0 spiro atoms. The normalized spacial score (nSPS) is 12.7. The van der Waals surface area contributed by atoms with Crippen molar-refractivity contribution in [2.75, 3.05) is 13.7 Å². The third kappa shape index (κ3) is 2.16. The number of alkyl carbamates (subject to hydrolysis) is 1. The van der Waals surface area contributed by atoms with Gasteiger partial charge in [0.1, 0.15) is 0 Å². The molecule has 3 nitrogen and oxygen atoms in total. The Morgan fingerprint density at radius 2 is 2.00 bits per heavy atom. The summed E-state index contributed by atoms with van der Waals surface area (Å²) in [6, 6.07) is 10.9. The second-order valence-electron chi connectivity index (χ2n) is 4.86. The first-order valence-corrected chi connectivity index (χ1v) is 6.66. The highest BCUT2D eigenvalue weighted by molar-refractivity contribution is 5.93. The zero-order valence-corrected chi connectivity index (χ0v) is 11.0. The highest BCUT2D eigenvalue weighted by Crippen LogP contribution is 2.32. The van der Waals surface area contributed by atoms with Crippen LogP contribution < -0.4 is 5.32 Å². The summed E-state index contributed by atoms with van der Waals surface area (Å²) in [5.74, 6) is 0. The molecule has 0 aromatic heterocycles. The fourth-order valence-corrected chi connectivity index (χ4v) is 2.85. The van der Waals surface area contributed by atoms with E-state index in [9.17, 15) is 4.79 Å². The number of benzene rings is 2. The van der Waals surface area contributed by atoms with E-state index in [4.69, 9.17) is 4.74 Å². The average Bonchev–Trinajstić information content (AvgIpc) is 2.86. The highest BCUT2D eigenvalue weighted by Gasteiger charge is 2.15. The quantitative estimate of drug-likeness (QED) is 0.915. The number of nitrogens with one attached hydrogen (secondary N) is 1. The first-order valence-electron chi connectivity index (χ1n) is 6.66. The molecule has 3 rings (SSSR count). The van der Waals surface area contributed by atoms with E-state index < -0.39 is 0 Å². The summed E-state index contributed by atoms with van der Waals surface area (Å²) in [6.45, 7) is 0.415. The predicted octanol–water partition coefficient (Wildman–Crippen LogP) is 2.84. The van der Waals surface area contributed by atoms with Crippen LogP contribution in [0.15, 0.2) is 30.3 Å². The van der Waals surface area contributed by atoms with Gasteiger partial charge < -0.3 is 10.1 Å². The molecule has 0 bridgehead atoms. The first kappa shape index (κ1) is 12.0. The van der Waals surface area contributed by atoms with Crippen molar-refractivity contribution in [3.8, 4) is 0 Å². The number of aryl methyl sites for hydroxylation is 2. The minimum absolute atomic E-state index is 0.370. The molecule has 19 heavy (non-hydrogen) atoms. The summed E-state index contributed by atoms with van der Waals surface area (Å²) < 4.78 is 5.07. The molecule has 0 fully saturated rings. The average molecular weight is 255 g/mol. The predicted molar refractivity (Wildman–Crippen MR) is 75.5 cm³/mol. The molecule has 1 aliphatic carbocycles. The van der Waals surface area contributed by atoms with Gasteiger partial charge in [0.05, 0.1) is 6.61 Å². The summed E-state index contributed by atoms with van der Waals surface area (Å²) in [5.41, 5.74) is 4.15. The third-order valence-corrected chi connectivity index (χ3v) is 3.78. The molecule has 1 aliphatic rings. The van der Waals surface area contributed by atoms with Crippen molar-refractivity contribution in [1.82, 2.24) is 5.32 Å². The van der Waals surface area contributed by atoms with E-state index >= 15 is 0 Å². The zero-order chi connectivity index (χ0) is 13.2. The lowest BCUT2D eigenvalue weighted by Gasteiger charge is -2.09. The van der Waals surface area contributed by atoms with Crippen molar-refractivity contribution >= 4 is 16.9 Å². The van der Waals surface area contributed by atoms with Crippen LogP contribution in [0.25, 0.3) is 10.8 Å². The monoisotopic (exact) mass is 255 g/mol. The van der Waals surface area contributed by atoms with E-state index in [0.717, 1.165) is 19.3 Å². The number of hydrogen-bond donors (Lipinski definition) is 1. The van der Waals surface area contributed by atoms with Gasteiger partial charge in [0, 0.05) is 13.5 Å². The van der Waals surface area contributed by atoms with E-state index in [1.54, 1.807) is 7.05 Å². The molecular formula is C16H17NO2. The summed E-state index contributed by atoms with van der Waals surface area (Å²) in [4.78, 5) is 11.1. The Morgan fingerprint density at radius 1 is 1.21 bits per heavy atom. The molecule has 0 heterocycles. The van der Waals surface area contributed by atoms with E-state index in [1.807, 2.05) is 0 Å². The molecule has 1 amide bonds. The number of ether oxygens (including phenoxy) is 1. The largest absolute Gasteiger partial charge is 0.449 e. The number of carbonyl (C=O) groups is 1. The van der Waals surface area contributed by atoms with Crippen molar-refractivity contribution in [3.05, 3.63) is 47.0 Å². The standard InChI is InChI=1S/C16H17NO2/c1-17-16(18)19-10-9-11-5-6-13-8-7-12-3-2-4-14(11)15(12)13/h2-6H,7-10H2,1H3,(H,17,18). The van der Waals surface area contributed by atoms with Crippen LogP contribution in [0.2, 0.25) is 0 Å². The Morgan fingerprint density at radius 3 is 2.79 bits per heavy atom. The lowest BCUT2D eigenvalue weighted by Crippen LogP contribution is -2.20. The minimum atomic E-state index is -0.370. The Labute approximate surface area is 112 Å². The molecule has 0 saturated carbocycles. The van der Waals surface area contributed by atoms with Crippen molar-refractivity contribution < 1.29 is 9.53 Å². The second kappa shape index (κ2) is 4.92. The minimum Gasteiger partial charge on any atom is -0.449 e. The Bertz CT molecular complexity index is 624. The zero-order valence-electron chi connectivity index (χ0n) is 11.0. The summed E-state index contributed by atoms with van der Waals surface area (Å²) in [7, 11) is 1.57. The Kier molecular flexibility index (Phi) is 3.11. The van der Waals surface area contributed by atoms with Gasteiger partial charge in [0.25, 0.3) is 0 Å². The first-order chi connectivity index (χ1) is 9.29. The summed E-state index contributed by atoms with van der Waals surface area (Å²) in [5, 5.41) is 5.19. The van der Waals surface area contributed by atoms with E-state index in [0.29, 0.717) is 6.61 Å². The number of hydrogen-bond acceptors (Lipinski definition) is 2. The highest BCUT2D eigenvalue weighted by atomic mass is 16.5. The van der Waals surface area contributed by atoms with Crippen molar-refractivity contribution in [3.63, 3.8) is 0 Å². The Hall–Kier alpha value is -2.03. The van der Waals surface area contributed by atoms with E-state index in [2.05, 4.69) is 35.6 Å². The van der Waals surface area contributed by atoms with Crippen LogP contribution in [0, 0.1) is 0 Å². The van der Waals surface area contributed by atoms with Crippen LogP contribution in [0.3, 0.4) is 0 Å². The Balaban J connectivity index is 1.87. The maximum Gasteiger partial charge on any atom is 0.406 e. The lowest BCUT2D eigenvalue weighted by molar-refractivity contribution is 0.150. The summed E-state index contributed by atoms with van der Waals surface area (Å²) >= 11 is 0. The van der Waals surface area contributed by atoms with Crippen LogP contribution >= 0.6 is 0 Å². The van der Waals surface area contributed by atoms with Crippen LogP contribution in [-0.2, 0) is 24.0 Å². The fraction of sp³-hybridized carbons (Fsp3) is 0.312. The van der Waals surface area contributed by atoms with Gasteiger partial charge in [-0.15, -0.1) is 0 Å². The molecule has 3 heteroatoms. The van der Waals surface area contributed by atoms with Gasteiger partial charge in [0.15, 0.2) is 0 Å². The van der Waals surface area contributed by atoms with Crippen molar-refractivity contribution in [1.29, 1.82) is 0 Å². The van der Waals surface area contributed by atoms with Crippen LogP contribution in [0.4, 0.5) is 4.79 Å². The molecule has 0 atom stereocenters. The molecule has 98 valence electrons. The molecule has 2 aromatic carbocycles. The van der Waals surface area contributed by atoms with Crippen LogP contribution in [0.5, 0.6) is 0 Å². The SMILES string of the molecule is CNC(=O)OCCc1ccc2c3c(cccc13)CC2. The van der Waals surface area contributed by atoms with Gasteiger partial charge in [-0.1, -0.05) is 30.3 Å². The van der Waals surface area contributed by atoms with Crippen LogP contribution in [-0.4, -0.2) is 19.7 Å². The van der Waals surface area contributed by atoms with Gasteiger partial charge in [-0.2, -0.15) is 0 Å². The lowest BCUT2D eigenvalue weighted by atomic mass is 9.98. The maximum atomic E-state index is 11.1. The molecular weight excluding hydrogens is 238 g/mol. The van der Waals surface area contributed by atoms with E-state index in [-0.39, 0.29) is 6.09 Å². The summed E-state index contributed by atoms with van der Waals surface area (Å²) in [6.07, 6.45) is 2.68. The second-order valence-corrected chi connectivity index (χ2v) is 4.86. The van der Waals surface area contributed by atoms with Crippen molar-refractivity contribution in [2.45, 2.75) is 19.3 Å². The van der Waals surface area contributed by atoms with Crippen molar-refractivity contribution in [2.24, 2.45) is 0 Å². The van der Waals surface area contributed by atoms with Gasteiger partial charge in [-0.25, -0.2) is 4.79 Å². The topological polar surface area (TPSA) is 38.3 Å². The molecule has 0 radical (unpaired) electrons. The van der Waals surface area contributed by atoms with Gasteiger partial charge >= 0.3 is 6.09 Å². The number of amides is 1. The smallest absolute Gasteiger partial charge is 0.406 e. The van der Waals surface area contributed by atoms with Crippen LogP contribution in [0.1, 0.15) is 16.7 Å². The van der Waals surface area contributed by atoms with E-state index in [1.165, 1.54) is 27.5 Å².